The zero-order valence-electron chi connectivity index (χ0n) is 20.4. The standard InChI is InChI=1S/C25H32N4O8/c1-13(27-23(34)19(26)11-15-3-7-17(31)8-4-15)22(33)29-21(14(2)30)24(35)28-20(25(36)37)12-16-5-9-18(32)10-6-16/h3-10,13-14,19-21,30-32H,11-12,26H2,1-2H3,(H,27,34)(H,28,35)(H,29,33)(H,36,37). The number of nitrogens with one attached hydrogen (secondary N) is 3. The molecule has 0 aliphatic carbocycles. The summed E-state index contributed by atoms with van der Waals surface area (Å²) in [4.78, 5) is 49.5. The van der Waals surface area contributed by atoms with Crippen LogP contribution in [-0.4, -0.2) is 74.4 Å². The lowest BCUT2D eigenvalue weighted by atomic mass is 10.0. The van der Waals surface area contributed by atoms with E-state index in [4.69, 9.17) is 5.73 Å². The molecule has 5 unspecified atom stereocenters. The van der Waals surface area contributed by atoms with Crippen LogP contribution in [0, 0.1) is 0 Å². The van der Waals surface area contributed by atoms with Crippen molar-refractivity contribution in [2.75, 3.05) is 0 Å². The van der Waals surface area contributed by atoms with E-state index in [1.807, 2.05) is 0 Å². The number of phenols is 2. The number of phenolic OH excluding ortho intramolecular Hbond substituents is 2. The Morgan fingerprint density at radius 1 is 0.757 bits per heavy atom. The first kappa shape index (κ1) is 29.1. The minimum atomic E-state index is -1.50. The SMILES string of the molecule is CC(NC(=O)C(N)Cc1ccc(O)cc1)C(=O)NC(C(=O)NC(Cc1ccc(O)cc1)C(=O)O)C(C)O. The van der Waals surface area contributed by atoms with Crippen LogP contribution in [0.3, 0.4) is 0 Å². The predicted molar refractivity (Wildman–Crippen MR) is 132 cm³/mol. The lowest BCUT2D eigenvalue weighted by molar-refractivity contribution is -0.143. The van der Waals surface area contributed by atoms with Gasteiger partial charge in [-0.1, -0.05) is 24.3 Å². The molecule has 0 spiro atoms. The van der Waals surface area contributed by atoms with Crippen LogP contribution in [0.4, 0.5) is 0 Å². The third kappa shape index (κ3) is 9.09. The van der Waals surface area contributed by atoms with E-state index in [0.29, 0.717) is 11.1 Å². The van der Waals surface area contributed by atoms with Gasteiger partial charge in [-0.15, -0.1) is 0 Å². The van der Waals surface area contributed by atoms with E-state index < -0.39 is 54.0 Å². The fourth-order valence-corrected chi connectivity index (χ4v) is 3.38. The molecule has 0 heterocycles. The Labute approximate surface area is 213 Å². The molecule has 2 rings (SSSR count). The lowest BCUT2D eigenvalue weighted by Gasteiger charge is -2.25. The van der Waals surface area contributed by atoms with Gasteiger partial charge >= 0.3 is 5.97 Å². The molecule has 9 N–H and O–H groups in total. The molecular weight excluding hydrogens is 484 g/mol. The first-order valence-electron chi connectivity index (χ1n) is 11.5. The van der Waals surface area contributed by atoms with Crippen molar-refractivity contribution in [3.05, 3.63) is 59.7 Å². The van der Waals surface area contributed by atoms with Crippen molar-refractivity contribution in [2.45, 2.75) is 57.0 Å². The maximum atomic E-state index is 12.7. The fraction of sp³-hybridized carbons (Fsp3) is 0.360. The van der Waals surface area contributed by atoms with Crippen LogP contribution in [0.2, 0.25) is 0 Å². The van der Waals surface area contributed by atoms with Gasteiger partial charge in [0.1, 0.15) is 29.6 Å². The third-order valence-electron chi connectivity index (χ3n) is 5.53. The summed E-state index contributed by atoms with van der Waals surface area (Å²) in [5.41, 5.74) is 7.14. The number of aliphatic hydroxyl groups is 1. The molecule has 0 saturated heterocycles. The summed E-state index contributed by atoms with van der Waals surface area (Å²) in [7, 11) is 0. The van der Waals surface area contributed by atoms with Crippen molar-refractivity contribution in [1.82, 2.24) is 16.0 Å². The summed E-state index contributed by atoms with van der Waals surface area (Å²) in [5, 5.41) is 45.3. The van der Waals surface area contributed by atoms with E-state index in [0.717, 1.165) is 0 Å². The maximum Gasteiger partial charge on any atom is 0.326 e. The molecule has 0 fully saturated rings. The Morgan fingerprint density at radius 3 is 1.70 bits per heavy atom. The second-order valence-corrected chi connectivity index (χ2v) is 8.70. The van der Waals surface area contributed by atoms with E-state index in [1.54, 1.807) is 12.1 Å². The number of rotatable bonds is 12. The summed E-state index contributed by atoms with van der Waals surface area (Å²) in [6, 6.07) is 6.89. The topological polar surface area (TPSA) is 211 Å². The molecule has 0 aliphatic rings. The van der Waals surface area contributed by atoms with Gasteiger partial charge in [-0.3, -0.25) is 14.4 Å². The summed E-state index contributed by atoms with van der Waals surface area (Å²) >= 11 is 0. The monoisotopic (exact) mass is 516 g/mol. The van der Waals surface area contributed by atoms with Crippen molar-refractivity contribution in [2.24, 2.45) is 5.73 Å². The molecule has 3 amide bonds. The average Bonchev–Trinajstić information content (AvgIpc) is 2.84. The molecule has 0 aromatic heterocycles. The Bertz CT molecular complexity index is 1090. The van der Waals surface area contributed by atoms with Crippen LogP contribution in [0.25, 0.3) is 0 Å². The van der Waals surface area contributed by atoms with Gasteiger partial charge in [0.15, 0.2) is 0 Å². The van der Waals surface area contributed by atoms with E-state index in [9.17, 15) is 39.6 Å². The zero-order valence-corrected chi connectivity index (χ0v) is 20.4. The van der Waals surface area contributed by atoms with Crippen LogP contribution < -0.4 is 21.7 Å². The van der Waals surface area contributed by atoms with Gasteiger partial charge in [-0.2, -0.15) is 0 Å². The number of carboxylic acid groups (broad SMARTS) is 1. The zero-order chi connectivity index (χ0) is 27.7. The highest BCUT2D eigenvalue weighted by Crippen LogP contribution is 2.12. The number of amides is 3. The molecule has 2 aromatic rings. The number of hydrogen-bond acceptors (Lipinski definition) is 8. The fourth-order valence-electron chi connectivity index (χ4n) is 3.38. The first-order valence-corrected chi connectivity index (χ1v) is 11.5. The summed E-state index contributed by atoms with van der Waals surface area (Å²) in [6.45, 7) is 2.61. The second-order valence-electron chi connectivity index (χ2n) is 8.70. The Hall–Kier alpha value is -4.16. The molecule has 37 heavy (non-hydrogen) atoms. The normalized spacial score (nSPS) is 14.9. The number of aliphatic carboxylic acids is 1. The molecule has 0 radical (unpaired) electrons. The van der Waals surface area contributed by atoms with Gasteiger partial charge in [0.25, 0.3) is 0 Å². The second kappa shape index (κ2) is 13.2. The number of carbonyl (C=O) groups excluding carboxylic acids is 3. The summed E-state index contributed by atoms with van der Waals surface area (Å²) < 4.78 is 0. The molecule has 200 valence electrons. The lowest BCUT2D eigenvalue weighted by Crippen LogP contribution is -2.59. The Morgan fingerprint density at radius 2 is 1.24 bits per heavy atom. The van der Waals surface area contributed by atoms with Crippen LogP contribution in [0.15, 0.2) is 48.5 Å². The number of carbonyl (C=O) groups is 4. The molecule has 0 bridgehead atoms. The van der Waals surface area contributed by atoms with Crippen LogP contribution in [-0.2, 0) is 32.0 Å². The largest absolute Gasteiger partial charge is 0.508 e. The molecule has 12 nitrogen and oxygen atoms in total. The van der Waals surface area contributed by atoms with Gasteiger partial charge in [0.05, 0.1) is 12.1 Å². The van der Waals surface area contributed by atoms with E-state index in [2.05, 4.69) is 16.0 Å². The quantitative estimate of drug-likeness (QED) is 0.176. The van der Waals surface area contributed by atoms with E-state index >= 15 is 0 Å². The van der Waals surface area contributed by atoms with Crippen LogP contribution in [0.5, 0.6) is 11.5 Å². The van der Waals surface area contributed by atoms with Crippen molar-refractivity contribution in [1.29, 1.82) is 0 Å². The summed E-state index contributed by atoms with van der Waals surface area (Å²) in [5.74, 6) is -3.62. The molecule has 12 heteroatoms. The minimum absolute atomic E-state index is 0.000868. The van der Waals surface area contributed by atoms with Crippen molar-refractivity contribution in [3.8, 4) is 11.5 Å². The summed E-state index contributed by atoms with van der Waals surface area (Å²) in [6.07, 6.45) is -1.34. The number of hydrogen-bond donors (Lipinski definition) is 8. The highest BCUT2D eigenvalue weighted by Gasteiger charge is 2.31. The van der Waals surface area contributed by atoms with E-state index in [1.165, 1.54) is 50.2 Å². The highest BCUT2D eigenvalue weighted by molar-refractivity contribution is 5.94. The number of nitrogens with two attached hydrogens (primary N) is 1. The molecule has 0 saturated carbocycles. The van der Waals surface area contributed by atoms with Gasteiger partial charge in [-0.25, -0.2) is 4.79 Å². The highest BCUT2D eigenvalue weighted by atomic mass is 16.4. The third-order valence-corrected chi connectivity index (χ3v) is 5.53. The molecule has 2 aromatic carbocycles. The van der Waals surface area contributed by atoms with Crippen LogP contribution >= 0.6 is 0 Å². The van der Waals surface area contributed by atoms with E-state index in [-0.39, 0.29) is 24.3 Å². The number of aromatic hydroxyl groups is 2. The molecule has 0 aliphatic heterocycles. The van der Waals surface area contributed by atoms with Gasteiger partial charge in [-0.05, 0) is 55.7 Å². The van der Waals surface area contributed by atoms with Crippen molar-refractivity contribution >= 4 is 23.7 Å². The molecule has 5 atom stereocenters. The predicted octanol–water partition coefficient (Wildman–Crippen LogP) is -0.850. The van der Waals surface area contributed by atoms with Gasteiger partial charge in [0, 0.05) is 6.42 Å². The maximum absolute atomic E-state index is 12.7. The number of carboxylic acids is 1. The minimum Gasteiger partial charge on any atom is -0.508 e. The van der Waals surface area contributed by atoms with Gasteiger partial charge in [0.2, 0.25) is 17.7 Å². The van der Waals surface area contributed by atoms with Crippen LogP contribution in [0.1, 0.15) is 25.0 Å². The smallest absolute Gasteiger partial charge is 0.326 e. The Balaban J connectivity index is 1.97. The first-order chi connectivity index (χ1) is 17.4. The molecular formula is C25H32N4O8. The Kier molecular flexibility index (Phi) is 10.4. The average molecular weight is 517 g/mol. The van der Waals surface area contributed by atoms with Crippen molar-refractivity contribution < 1.29 is 39.6 Å². The number of benzene rings is 2. The van der Waals surface area contributed by atoms with Gasteiger partial charge < -0.3 is 42.1 Å². The number of aliphatic hydroxyl groups excluding tert-OH is 1. The van der Waals surface area contributed by atoms with Crippen molar-refractivity contribution in [3.63, 3.8) is 0 Å².